The number of rotatable bonds is 8. The molecule has 0 bridgehead atoms. The Morgan fingerprint density at radius 1 is 1.19 bits per heavy atom. The SMILES string of the molecule is COc1cc(N)c(Cl)cc1C(=O)NCCCCOc1ccc(C)cc1.Cl. The minimum atomic E-state index is -0.238. The number of nitrogen functional groups attached to an aromatic ring is 1. The molecule has 1 amide bonds. The zero-order chi connectivity index (χ0) is 18.2. The Morgan fingerprint density at radius 3 is 2.54 bits per heavy atom. The number of amides is 1. The number of unbranched alkanes of at least 4 members (excludes halogenated alkanes) is 1. The molecule has 0 saturated carbocycles. The minimum absolute atomic E-state index is 0. The van der Waals surface area contributed by atoms with Crippen molar-refractivity contribution in [3.05, 3.63) is 52.5 Å². The topological polar surface area (TPSA) is 73.6 Å². The lowest BCUT2D eigenvalue weighted by atomic mass is 10.1. The van der Waals surface area contributed by atoms with Crippen LogP contribution in [0.25, 0.3) is 0 Å². The highest BCUT2D eigenvalue weighted by molar-refractivity contribution is 6.33. The van der Waals surface area contributed by atoms with Crippen LogP contribution in [0.5, 0.6) is 11.5 Å². The summed E-state index contributed by atoms with van der Waals surface area (Å²) in [4.78, 5) is 12.3. The minimum Gasteiger partial charge on any atom is -0.496 e. The van der Waals surface area contributed by atoms with Gasteiger partial charge >= 0.3 is 0 Å². The molecule has 0 spiro atoms. The summed E-state index contributed by atoms with van der Waals surface area (Å²) in [7, 11) is 1.49. The number of aryl methyl sites for hydroxylation is 1. The van der Waals surface area contributed by atoms with E-state index in [0.29, 0.717) is 35.2 Å². The Kier molecular flexibility index (Phi) is 9.10. The first-order chi connectivity index (χ1) is 12.0. The maximum absolute atomic E-state index is 12.3. The third kappa shape index (κ3) is 6.32. The molecule has 142 valence electrons. The molecule has 0 radical (unpaired) electrons. The molecule has 0 fully saturated rings. The lowest BCUT2D eigenvalue weighted by Gasteiger charge is -2.11. The monoisotopic (exact) mass is 398 g/mol. The van der Waals surface area contributed by atoms with Crippen LogP contribution in [-0.4, -0.2) is 26.2 Å². The van der Waals surface area contributed by atoms with Crippen LogP contribution < -0.4 is 20.5 Å². The number of carbonyl (C=O) groups is 1. The fourth-order valence-corrected chi connectivity index (χ4v) is 2.43. The fraction of sp³-hybridized carbons (Fsp3) is 0.316. The van der Waals surface area contributed by atoms with Gasteiger partial charge in [0, 0.05) is 12.6 Å². The van der Waals surface area contributed by atoms with E-state index in [1.165, 1.54) is 18.7 Å². The number of halogens is 2. The summed E-state index contributed by atoms with van der Waals surface area (Å²) >= 11 is 5.98. The molecule has 26 heavy (non-hydrogen) atoms. The molecule has 0 aliphatic heterocycles. The van der Waals surface area contributed by atoms with Crippen LogP contribution in [0.3, 0.4) is 0 Å². The molecule has 5 nitrogen and oxygen atoms in total. The molecular formula is C19H24Cl2N2O3. The van der Waals surface area contributed by atoms with Crippen molar-refractivity contribution in [3.63, 3.8) is 0 Å². The number of anilines is 1. The molecule has 3 N–H and O–H groups in total. The lowest BCUT2D eigenvalue weighted by Crippen LogP contribution is -2.25. The Morgan fingerprint density at radius 2 is 1.88 bits per heavy atom. The van der Waals surface area contributed by atoms with Gasteiger partial charge in [-0.25, -0.2) is 0 Å². The summed E-state index contributed by atoms with van der Waals surface area (Å²) in [5.74, 6) is 1.02. The summed E-state index contributed by atoms with van der Waals surface area (Å²) in [6.45, 7) is 3.19. The van der Waals surface area contributed by atoms with Gasteiger partial charge in [0.2, 0.25) is 0 Å². The first-order valence-electron chi connectivity index (χ1n) is 8.12. The van der Waals surface area contributed by atoms with Gasteiger partial charge in [0.25, 0.3) is 5.91 Å². The predicted octanol–water partition coefficient (Wildman–Crippen LogP) is 4.25. The van der Waals surface area contributed by atoms with Crippen molar-refractivity contribution in [2.24, 2.45) is 0 Å². The highest BCUT2D eigenvalue weighted by Crippen LogP contribution is 2.28. The molecule has 0 aliphatic rings. The number of methoxy groups -OCH3 is 1. The average Bonchev–Trinajstić information content (AvgIpc) is 2.61. The number of nitrogens with one attached hydrogen (secondary N) is 1. The number of carbonyl (C=O) groups excluding carboxylic acids is 1. The van der Waals surface area contributed by atoms with Gasteiger partial charge in [-0.15, -0.1) is 12.4 Å². The van der Waals surface area contributed by atoms with E-state index in [-0.39, 0.29) is 18.3 Å². The number of ether oxygens (including phenoxy) is 2. The van der Waals surface area contributed by atoms with E-state index in [0.717, 1.165) is 18.6 Å². The van der Waals surface area contributed by atoms with Gasteiger partial charge in [-0.05, 0) is 38.0 Å². The number of benzene rings is 2. The van der Waals surface area contributed by atoms with E-state index >= 15 is 0 Å². The highest BCUT2D eigenvalue weighted by Gasteiger charge is 2.14. The zero-order valence-corrected chi connectivity index (χ0v) is 16.5. The van der Waals surface area contributed by atoms with Crippen molar-refractivity contribution in [2.75, 3.05) is 26.0 Å². The third-order valence-corrected chi connectivity index (χ3v) is 4.04. The van der Waals surface area contributed by atoms with Crippen molar-refractivity contribution in [1.29, 1.82) is 0 Å². The Labute approximate surface area is 165 Å². The quantitative estimate of drug-likeness (QED) is 0.514. The van der Waals surface area contributed by atoms with Crippen molar-refractivity contribution in [3.8, 4) is 11.5 Å². The first-order valence-corrected chi connectivity index (χ1v) is 8.49. The number of nitrogens with two attached hydrogens (primary N) is 1. The summed E-state index contributed by atoms with van der Waals surface area (Å²) < 4.78 is 10.8. The molecule has 0 heterocycles. The van der Waals surface area contributed by atoms with Crippen molar-refractivity contribution < 1.29 is 14.3 Å². The van der Waals surface area contributed by atoms with E-state index in [1.54, 1.807) is 6.07 Å². The van der Waals surface area contributed by atoms with Gasteiger partial charge in [-0.2, -0.15) is 0 Å². The van der Waals surface area contributed by atoms with Gasteiger partial charge in [0.15, 0.2) is 0 Å². The van der Waals surface area contributed by atoms with Crippen LogP contribution in [0.2, 0.25) is 5.02 Å². The van der Waals surface area contributed by atoms with Crippen LogP contribution in [-0.2, 0) is 0 Å². The molecule has 0 unspecified atom stereocenters. The molecule has 2 rings (SSSR count). The molecule has 0 aromatic heterocycles. The van der Waals surface area contributed by atoms with Crippen molar-refractivity contribution >= 4 is 35.6 Å². The van der Waals surface area contributed by atoms with Gasteiger partial charge < -0.3 is 20.5 Å². The zero-order valence-electron chi connectivity index (χ0n) is 14.9. The van der Waals surface area contributed by atoms with E-state index in [2.05, 4.69) is 5.32 Å². The van der Waals surface area contributed by atoms with E-state index < -0.39 is 0 Å². The molecule has 0 aliphatic carbocycles. The molecule has 2 aromatic carbocycles. The normalized spacial score (nSPS) is 9.96. The van der Waals surface area contributed by atoms with Crippen molar-refractivity contribution in [2.45, 2.75) is 19.8 Å². The lowest BCUT2D eigenvalue weighted by molar-refractivity contribution is 0.0949. The Balaban J connectivity index is 0.00000338. The van der Waals surface area contributed by atoms with Gasteiger partial charge in [-0.3, -0.25) is 4.79 Å². The average molecular weight is 399 g/mol. The molecular weight excluding hydrogens is 375 g/mol. The Hall–Kier alpha value is -2.11. The molecule has 7 heteroatoms. The summed E-state index contributed by atoms with van der Waals surface area (Å²) in [6.07, 6.45) is 1.65. The largest absolute Gasteiger partial charge is 0.496 e. The van der Waals surface area contributed by atoms with Crippen LogP contribution in [0.4, 0.5) is 5.69 Å². The summed E-state index contributed by atoms with van der Waals surface area (Å²) in [5, 5.41) is 3.18. The maximum Gasteiger partial charge on any atom is 0.255 e. The molecule has 0 saturated heterocycles. The standard InChI is InChI=1S/C19H23ClN2O3.ClH/c1-13-5-7-14(8-6-13)25-10-4-3-9-22-19(23)15-11-16(20)17(21)12-18(15)24-2;/h5-8,11-12H,3-4,9-10,21H2,1-2H3,(H,22,23);1H. The first kappa shape index (κ1) is 21.9. The summed E-state index contributed by atoms with van der Waals surface area (Å²) in [5.41, 5.74) is 7.67. The molecule has 2 aromatic rings. The third-order valence-electron chi connectivity index (χ3n) is 3.71. The predicted molar refractivity (Wildman–Crippen MR) is 108 cm³/mol. The van der Waals surface area contributed by atoms with Crippen LogP contribution >= 0.6 is 24.0 Å². The smallest absolute Gasteiger partial charge is 0.255 e. The van der Waals surface area contributed by atoms with E-state index in [4.69, 9.17) is 26.8 Å². The number of hydrogen-bond donors (Lipinski definition) is 2. The van der Waals surface area contributed by atoms with Crippen LogP contribution in [0.1, 0.15) is 28.8 Å². The second-order valence-corrected chi connectivity index (χ2v) is 6.11. The van der Waals surface area contributed by atoms with Gasteiger partial charge in [0.05, 0.1) is 30.0 Å². The van der Waals surface area contributed by atoms with Gasteiger partial charge in [-0.1, -0.05) is 29.3 Å². The molecule has 0 atom stereocenters. The van der Waals surface area contributed by atoms with Crippen molar-refractivity contribution in [1.82, 2.24) is 5.32 Å². The van der Waals surface area contributed by atoms with E-state index in [1.807, 2.05) is 31.2 Å². The fourth-order valence-electron chi connectivity index (χ4n) is 2.26. The number of hydrogen-bond acceptors (Lipinski definition) is 4. The second-order valence-electron chi connectivity index (χ2n) is 5.70. The highest BCUT2D eigenvalue weighted by atomic mass is 35.5. The summed E-state index contributed by atoms with van der Waals surface area (Å²) in [6, 6.07) is 11.0. The second kappa shape index (κ2) is 10.8. The van der Waals surface area contributed by atoms with Crippen LogP contribution in [0.15, 0.2) is 36.4 Å². The van der Waals surface area contributed by atoms with Crippen LogP contribution in [0, 0.1) is 6.92 Å². The Bertz CT molecular complexity index is 721. The maximum atomic E-state index is 12.3. The van der Waals surface area contributed by atoms with E-state index in [9.17, 15) is 4.79 Å². The van der Waals surface area contributed by atoms with Gasteiger partial charge in [0.1, 0.15) is 11.5 Å².